The van der Waals surface area contributed by atoms with Crippen molar-refractivity contribution >= 4 is 15.9 Å². The van der Waals surface area contributed by atoms with Gasteiger partial charge in [0, 0.05) is 18.7 Å². The Hall–Kier alpha value is -2.58. The molecule has 0 aromatic heterocycles. The number of ether oxygens (including phenoxy) is 2. The summed E-state index contributed by atoms with van der Waals surface area (Å²) in [5.74, 6) is 0.826. The number of rotatable bonds is 9. The number of sulfonamides is 1. The van der Waals surface area contributed by atoms with Gasteiger partial charge in [-0.15, -0.1) is 0 Å². The SMILES string of the molecule is CCNS(=O)(=O)c1ccc(CCNC(=O)c2ccc(OC)c(OC)c2)cc1. The van der Waals surface area contributed by atoms with E-state index in [2.05, 4.69) is 10.0 Å². The Labute approximate surface area is 159 Å². The number of hydrogen-bond acceptors (Lipinski definition) is 5. The summed E-state index contributed by atoms with van der Waals surface area (Å²) in [5.41, 5.74) is 1.40. The largest absolute Gasteiger partial charge is 0.493 e. The van der Waals surface area contributed by atoms with E-state index in [0.29, 0.717) is 36.6 Å². The van der Waals surface area contributed by atoms with Crippen LogP contribution in [0.1, 0.15) is 22.8 Å². The smallest absolute Gasteiger partial charge is 0.251 e. The van der Waals surface area contributed by atoms with E-state index < -0.39 is 10.0 Å². The van der Waals surface area contributed by atoms with E-state index in [0.717, 1.165) is 5.56 Å². The summed E-state index contributed by atoms with van der Waals surface area (Å²) in [7, 11) is -0.404. The second-order valence-electron chi connectivity index (χ2n) is 5.72. The van der Waals surface area contributed by atoms with Crippen LogP contribution >= 0.6 is 0 Å². The average Bonchev–Trinajstić information content (AvgIpc) is 2.67. The predicted octanol–water partition coefficient (Wildman–Crippen LogP) is 1.97. The second-order valence-corrected chi connectivity index (χ2v) is 7.49. The van der Waals surface area contributed by atoms with E-state index in [9.17, 15) is 13.2 Å². The first-order chi connectivity index (χ1) is 12.9. The molecule has 2 rings (SSSR count). The lowest BCUT2D eigenvalue weighted by atomic mass is 10.1. The Morgan fingerprint density at radius 3 is 2.26 bits per heavy atom. The van der Waals surface area contributed by atoms with Crippen LogP contribution in [0.4, 0.5) is 0 Å². The van der Waals surface area contributed by atoms with Gasteiger partial charge >= 0.3 is 0 Å². The van der Waals surface area contributed by atoms with Gasteiger partial charge in [-0.05, 0) is 42.3 Å². The fourth-order valence-corrected chi connectivity index (χ4v) is 3.55. The second kappa shape index (κ2) is 9.38. The highest BCUT2D eigenvalue weighted by Crippen LogP contribution is 2.27. The molecule has 2 aromatic rings. The molecule has 0 fully saturated rings. The summed E-state index contributed by atoms with van der Waals surface area (Å²) in [6.07, 6.45) is 0.584. The highest BCUT2D eigenvalue weighted by Gasteiger charge is 2.12. The van der Waals surface area contributed by atoms with E-state index in [1.165, 1.54) is 14.2 Å². The van der Waals surface area contributed by atoms with Crippen LogP contribution in [0.5, 0.6) is 11.5 Å². The third-order valence-corrected chi connectivity index (χ3v) is 5.47. The van der Waals surface area contributed by atoms with Crippen LogP contribution < -0.4 is 19.5 Å². The van der Waals surface area contributed by atoms with Crippen molar-refractivity contribution in [2.45, 2.75) is 18.2 Å². The van der Waals surface area contributed by atoms with Crippen molar-refractivity contribution < 1.29 is 22.7 Å². The van der Waals surface area contributed by atoms with Gasteiger partial charge in [-0.2, -0.15) is 0 Å². The van der Waals surface area contributed by atoms with E-state index in [-0.39, 0.29) is 10.8 Å². The third kappa shape index (κ3) is 5.45. The molecule has 146 valence electrons. The van der Waals surface area contributed by atoms with Gasteiger partial charge in [0.15, 0.2) is 11.5 Å². The summed E-state index contributed by atoms with van der Waals surface area (Å²) < 4.78 is 36.6. The van der Waals surface area contributed by atoms with Crippen LogP contribution in [0.3, 0.4) is 0 Å². The van der Waals surface area contributed by atoms with Gasteiger partial charge in [0.2, 0.25) is 10.0 Å². The molecule has 0 saturated heterocycles. The van der Waals surface area contributed by atoms with E-state index in [1.807, 2.05) is 0 Å². The topological polar surface area (TPSA) is 93.7 Å². The molecular weight excluding hydrogens is 368 g/mol. The lowest BCUT2D eigenvalue weighted by Crippen LogP contribution is -2.25. The van der Waals surface area contributed by atoms with Gasteiger partial charge < -0.3 is 14.8 Å². The molecule has 27 heavy (non-hydrogen) atoms. The molecule has 0 saturated carbocycles. The normalized spacial score (nSPS) is 11.1. The van der Waals surface area contributed by atoms with Gasteiger partial charge in [0.1, 0.15) is 0 Å². The van der Waals surface area contributed by atoms with Crippen LogP contribution in [0.2, 0.25) is 0 Å². The molecule has 0 spiro atoms. The van der Waals surface area contributed by atoms with Crippen LogP contribution in [-0.2, 0) is 16.4 Å². The lowest BCUT2D eigenvalue weighted by molar-refractivity contribution is 0.0953. The minimum Gasteiger partial charge on any atom is -0.493 e. The number of carbonyl (C=O) groups excluding carboxylic acids is 1. The Balaban J connectivity index is 1.93. The van der Waals surface area contributed by atoms with Crippen LogP contribution in [0, 0.1) is 0 Å². The molecule has 0 aliphatic heterocycles. The fraction of sp³-hybridized carbons (Fsp3) is 0.316. The van der Waals surface area contributed by atoms with Crippen LogP contribution in [0.25, 0.3) is 0 Å². The Bertz CT molecular complexity index is 879. The number of methoxy groups -OCH3 is 2. The maximum absolute atomic E-state index is 12.3. The minimum atomic E-state index is -3.45. The molecule has 0 unspecified atom stereocenters. The molecule has 0 aliphatic rings. The van der Waals surface area contributed by atoms with Crippen molar-refractivity contribution in [3.63, 3.8) is 0 Å². The summed E-state index contributed by atoms with van der Waals surface area (Å²) in [4.78, 5) is 12.5. The quantitative estimate of drug-likeness (QED) is 0.681. The Morgan fingerprint density at radius 2 is 1.67 bits per heavy atom. The summed E-state index contributed by atoms with van der Waals surface area (Å²) >= 11 is 0. The van der Waals surface area contributed by atoms with Gasteiger partial charge in [-0.1, -0.05) is 19.1 Å². The minimum absolute atomic E-state index is 0.220. The van der Waals surface area contributed by atoms with Gasteiger partial charge in [-0.25, -0.2) is 13.1 Å². The molecule has 8 heteroatoms. The zero-order valence-corrected chi connectivity index (χ0v) is 16.4. The molecule has 2 aromatic carbocycles. The van der Waals surface area contributed by atoms with Crippen molar-refractivity contribution in [1.29, 1.82) is 0 Å². The molecule has 0 radical (unpaired) electrons. The standard InChI is InChI=1S/C19H24N2O5S/c1-4-21-27(23,24)16-8-5-14(6-9-16)11-12-20-19(22)15-7-10-17(25-2)18(13-15)26-3/h5-10,13,21H,4,11-12H2,1-3H3,(H,20,22). The number of hydrogen-bond donors (Lipinski definition) is 2. The van der Waals surface area contributed by atoms with E-state index in [1.54, 1.807) is 49.4 Å². The van der Waals surface area contributed by atoms with Gasteiger partial charge in [0.05, 0.1) is 19.1 Å². The van der Waals surface area contributed by atoms with Crippen molar-refractivity contribution in [3.8, 4) is 11.5 Å². The molecule has 1 amide bonds. The molecule has 2 N–H and O–H groups in total. The summed E-state index contributed by atoms with van der Waals surface area (Å²) in [5, 5.41) is 2.84. The molecule has 7 nitrogen and oxygen atoms in total. The van der Waals surface area contributed by atoms with E-state index in [4.69, 9.17) is 9.47 Å². The molecule has 0 heterocycles. The van der Waals surface area contributed by atoms with Crippen LogP contribution in [0.15, 0.2) is 47.4 Å². The maximum atomic E-state index is 12.3. The molecule has 0 aliphatic carbocycles. The summed E-state index contributed by atoms with van der Waals surface area (Å²) in [6.45, 7) is 2.49. The average molecular weight is 392 g/mol. The first-order valence-corrected chi connectivity index (χ1v) is 9.98. The number of nitrogens with one attached hydrogen (secondary N) is 2. The number of carbonyl (C=O) groups is 1. The Morgan fingerprint density at radius 1 is 1.00 bits per heavy atom. The number of amides is 1. The van der Waals surface area contributed by atoms with Crippen molar-refractivity contribution in [1.82, 2.24) is 10.0 Å². The number of benzene rings is 2. The zero-order valence-electron chi connectivity index (χ0n) is 15.6. The maximum Gasteiger partial charge on any atom is 0.251 e. The molecular formula is C19H24N2O5S. The molecule has 0 atom stereocenters. The van der Waals surface area contributed by atoms with E-state index >= 15 is 0 Å². The lowest BCUT2D eigenvalue weighted by Gasteiger charge is -2.10. The first-order valence-electron chi connectivity index (χ1n) is 8.50. The van der Waals surface area contributed by atoms with Gasteiger partial charge in [-0.3, -0.25) is 4.79 Å². The predicted molar refractivity (Wildman–Crippen MR) is 103 cm³/mol. The fourth-order valence-electron chi connectivity index (χ4n) is 2.51. The third-order valence-electron chi connectivity index (χ3n) is 3.91. The Kier molecular flexibility index (Phi) is 7.20. The summed E-state index contributed by atoms with van der Waals surface area (Å²) in [6, 6.07) is 11.6. The van der Waals surface area contributed by atoms with Crippen LogP contribution in [-0.4, -0.2) is 41.6 Å². The van der Waals surface area contributed by atoms with Crippen molar-refractivity contribution in [3.05, 3.63) is 53.6 Å². The highest BCUT2D eigenvalue weighted by atomic mass is 32.2. The zero-order chi connectivity index (χ0) is 19.9. The highest BCUT2D eigenvalue weighted by molar-refractivity contribution is 7.89. The van der Waals surface area contributed by atoms with Gasteiger partial charge in [0.25, 0.3) is 5.91 Å². The first kappa shape index (κ1) is 20.7. The molecule has 0 bridgehead atoms. The monoisotopic (exact) mass is 392 g/mol. The van der Waals surface area contributed by atoms with Crippen molar-refractivity contribution in [2.75, 3.05) is 27.3 Å². The van der Waals surface area contributed by atoms with Crippen molar-refractivity contribution in [2.24, 2.45) is 0 Å².